The molecule has 7 nitrogen and oxygen atoms in total. The zero-order valence-corrected chi connectivity index (χ0v) is 19.6. The molecular formula is C22H28ClFN4O3S. The van der Waals surface area contributed by atoms with Gasteiger partial charge in [-0.1, -0.05) is 11.6 Å². The van der Waals surface area contributed by atoms with Gasteiger partial charge in [0.2, 0.25) is 0 Å². The van der Waals surface area contributed by atoms with E-state index in [4.69, 9.17) is 11.6 Å². The number of halogens is 2. The standard InChI is InChI=1S/C22H28ClFN4O3S/c1-27-12-14-28(15-13-27)11-3-2-10-25-22(29)17-4-9-20(23)21(16-17)26-32(30,31)19-7-5-18(24)6-8-19/h4-9,16,26H,2-3,10-15H2,1H3,(H,25,29). The van der Waals surface area contributed by atoms with Crippen molar-refractivity contribution in [3.05, 3.63) is 58.9 Å². The third kappa shape index (κ3) is 6.90. The predicted molar refractivity (Wildman–Crippen MR) is 124 cm³/mol. The van der Waals surface area contributed by atoms with Crippen molar-refractivity contribution >= 4 is 33.2 Å². The Morgan fingerprint density at radius 2 is 1.75 bits per heavy atom. The van der Waals surface area contributed by atoms with Gasteiger partial charge in [0.25, 0.3) is 15.9 Å². The molecule has 0 aromatic heterocycles. The first-order valence-electron chi connectivity index (χ1n) is 10.5. The summed E-state index contributed by atoms with van der Waals surface area (Å²) in [5, 5.41) is 3.02. The fourth-order valence-corrected chi connectivity index (χ4v) is 4.69. The number of hydrogen-bond acceptors (Lipinski definition) is 5. The van der Waals surface area contributed by atoms with Crippen molar-refractivity contribution in [2.45, 2.75) is 17.7 Å². The van der Waals surface area contributed by atoms with Crippen molar-refractivity contribution in [3.63, 3.8) is 0 Å². The van der Waals surface area contributed by atoms with Gasteiger partial charge in [0.15, 0.2) is 0 Å². The number of benzene rings is 2. The van der Waals surface area contributed by atoms with Gasteiger partial charge >= 0.3 is 0 Å². The summed E-state index contributed by atoms with van der Waals surface area (Å²) in [5.41, 5.74) is 0.379. The van der Waals surface area contributed by atoms with Crippen LogP contribution < -0.4 is 10.0 Å². The number of piperazine rings is 1. The molecule has 0 spiro atoms. The molecule has 1 aliphatic rings. The predicted octanol–water partition coefficient (Wildman–Crippen LogP) is 3.04. The molecule has 1 fully saturated rings. The van der Waals surface area contributed by atoms with E-state index in [-0.39, 0.29) is 21.5 Å². The maximum absolute atomic E-state index is 13.1. The van der Waals surface area contributed by atoms with E-state index in [1.54, 1.807) is 0 Å². The number of carbonyl (C=O) groups excluding carboxylic acids is 1. The molecule has 3 rings (SSSR count). The van der Waals surface area contributed by atoms with Gasteiger partial charge in [-0.2, -0.15) is 0 Å². The Hall–Kier alpha value is -2.20. The van der Waals surface area contributed by atoms with Crippen LogP contribution in [0.2, 0.25) is 5.02 Å². The van der Waals surface area contributed by atoms with E-state index in [2.05, 4.69) is 26.9 Å². The minimum Gasteiger partial charge on any atom is -0.352 e. The molecule has 1 heterocycles. The first kappa shape index (κ1) is 24.4. The molecule has 0 atom stereocenters. The Morgan fingerprint density at radius 1 is 1.06 bits per heavy atom. The van der Waals surface area contributed by atoms with E-state index in [0.717, 1.165) is 69.8 Å². The number of likely N-dealkylation sites (N-methyl/N-ethyl adjacent to an activating group) is 1. The van der Waals surface area contributed by atoms with Crippen LogP contribution in [0.4, 0.5) is 10.1 Å². The van der Waals surface area contributed by atoms with Crippen molar-refractivity contribution < 1.29 is 17.6 Å². The lowest BCUT2D eigenvalue weighted by atomic mass is 10.2. The van der Waals surface area contributed by atoms with E-state index in [1.807, 2.05) is 0 Å². The minimum absolute atomic E-state index is 0.0821. The lowest BCUT2D eigenvalue weighted by Crippen LogP contribution is -2.44. The molecular weight excluding hydrogens is 455 g/mol. The fourth-order valence-electron chi connectivity index (χ4n) is 3.40. The smallest absolute Gasteiger partial charge is 0.261 e. The Bertz CT molecular complexity index is 1030. The van der Waals surface area contributed by atoms with E-state index in [9.17, 15) is 17.6 Å². The topological polar surface area (TPSA) is 81.8 Å². The SMILES string of the molecule is CN1CCN(CCCCNC(=O)c2ccc(Cl)c(NS(=O)(=O)c3ccc(F)cc3)c2)CC1. The molecule has 2 aromatic carbocycles. The minimum atomic E-state index is -3.97. The molecule has 0 bridgehead atoms. The molecule has 1 aliphatic heterocycles. The highest BCUT2D eigenvalue weighted by atomic mass is 35.5. The number of anilines is 1. The van der Waals surface area contributed by atoms with Gasteiger partial charge in [-0.25, -0.2) is 12.8 Å². The largest absolute Gasteiger partial charge is 0.352 e. The molecule has 0 saturated carbocycles. The van der Waals surface area contributed by atoms with Gasteiger partial charge in [-0.3, -0.25) is 9.52 Å². The summed E-state index contributed by atoms with van der Waals surface area (Å²) in [7, 11) is -1.85. The number of amides is 1. The monoisotopic (exact) mass is 482 g/mol. The van der Waals surface area contributed by atoms with Gasteiger partial charge in [-0.15, -0.1) is 0 Å². The Labute approximate surface area is 193 Å². The highest BCUT2D eigenvalue weighted by Gasteiger charge is 2.18. The molecule has 0 unspecified atom stereocenters. The molecule has 1 saturated heterocycles. The number of unbranched alkanes of at least 4 members (excludes halogenated alkanes) is 1. The summed E-state index contributed by atoms with van der Waals surface area (Å²) in [5.74, 6) is -0.840. The first-order chi connectivity index (χ1) is 15.2. The number of sulfonamides is 1. The second-order valence-electron chi connectivity index (χ2n) is 7.86. The van der Waals surface area contributed by atoms with Crippen LogP contribution in [-0.4, -0.2) is 70.4 Å². The summed E-state index contributed by atoms with van der Waals surface area (Å²) < 4.78 is 40.5. The summed E-state index contributed by atoms with van der Waals surface area (Å²) in [4.78, 5) is 17.1. The van der Waals surface area contributed by atoms with Crippen molar-refractivity contribution in [1.82, 2.24) is 15.1 Å². The number of carbonyl (C=O) groups is 1. The van der Waals surface area contributed by atoms with Crippen LogP contribution in [0.15, 0.2) is 47.4 Å². The normalized spacial score (nSPS) is 15.5. The lowest BCUT2D eigenvalue weighted by molar-refractivity contribution is 0.0952. The van der Waals surface area contributed by atoms with Gasteiger partial charge in [-0.05, 0) is 68.9 Å². The lowest BCUT2D eigenvalue weighted by Gasteiger charge is -2.32. The zero-order valence-electron chi connectivity index (χ0n) is 18.0. The molecule has 2 aromatic rings. The molecule has 2 N–H and O–H groups in total. The van der Waals surface area contributed by atoms with Crippen LogP contribution in [0.5, 0.6) is 0 Å². The average molecular weight is 483 g/mol. The van der Waals surface area contributed by atoms with Crippen molar-refractivity contribution in [3.8, 4) is 0 Å². The Kier molecular flexibility index (Phi) is 8.47. The van der Waals surface area contributed by atoms with Gasteiger partial charge in [0.1, 0.15) is 5.82 Å². The summed E-state index contributed by atoms with van der Waals surface area (Å²) in [6.07, 6.45) is 1.85. The van der Waals surface area contributed by atoms with Crippen LogP contribution >= 0.6 is 11.6 Å². The summed E-state index contributed by atoms with van der Waals surface area (Å²) in [6.45, 7) is 5.86. The van der Waals surface area contributed by atoms with Crippen molar-refractivity contribution in [2.75, 3.05) is 51.0 Å². The van der Waals surface area contributed by atoms with Gasteiger partial charge in [0, 0.05) is 38.3 Å². The van der Waals surface area contributed by atoms with Crippen LogP contribution in [0.3, 0.4) is 0 Å². The molecule has 32 heavy (non-hydrogen) atoms. The maximum Gasteiger partial charge on any atom is 0.261 e. The van der Waals surface area contributed by atoms with E-state index < -0.39 is 15.8 Å². The van der Waals surface area contributed by atoms with Gasteiger partial charge < -0.3 is 15.1 Å². The Morgan fingerprint density at radius 3 is 2.44 bits per heavy atom. The highest BCUT2D eigenvalue weighted by molar-refractivity contribution is 7.92. The third-order valence-electron chi connectivity index (χ3n) is 5.38. The fraction of sp³-hybridized carbons (Fsp3) is 0.409. The van der Waals surface area contributed by atoms with E-state index >= 15 is 0 Å². The van der Waals surface area contributed by atoms with Crippen LogP contribution in [-0.2, 0) is 10.0 Å². The third-order valence-corrected chi connectivity index (χ3v) is 7.09. The molecule has 0 radical (unpaired) electrons. The summed E-state index contributed by atoms with van der Waals surface area (Å²) >= 11 is 6.12. The number of hydrogen-bond donors (Lipinski definition) is 2. The number of nitrogens with zero attached hydrogens (tertiary/aromatic N) is 2. The van der Waals surface area contributed by atoms with Crippen molar-refractivity contribution in [1.29, 1.82) is 0 Å². The highest BCUT2D eigenvalue weighted by Crippen LogP contribution is 2.26. The van der Waals surface area contributed by atoms with E-state index in [0.29, 0.717) is 12.1 Å². The molecule has 1 amide bonds. The quantitative estimate of drug-likeness (QED) is 0.537. The maximum atomic E-state index is 13.1. The van der Waals surface area contributed by atoms with Crippen molar-refractivity contribution in [2.24, 2.45) is 0 Å². The molecule has 10 heteroatoms. The van der Waals surface area contributed by atoms with Crippen LogP contribution in [0.25, 0.3) is 0 Å². The molecule has 174 valence electrons. The van der Waals surface area contributed by atoms with Crippen LogP contribution in [0.1, 0.15) is 23.2 Å². The zero-order chi connectivity index (χ0) is 23.1. The number of rotatable bonds is 9. The summed E-state index contributed by atoms with van der Waals surface area (Å²) in [6, 6.07) is 8.83. The van der Waals surface area contributed by atoms with E-state index in [1.165, 1.54) is 18.2 Å². The van der Waals surface area contributed by atoms with Gasteiger partial charge in [0.05, 0.1) is 15.6 Å². The second kappa shape index (κ2) is 11.1. The molecule has 0 aliphatic carbocycles. The average Bonchev–Trinajstić information content (AvgIpc) is 2.76. The second-order valence-corrected chi connectivity index (χ2v) is 9.95. The Balaban J connectivity index is 1.52. The van der Waals surface area contributed by atoms with Crippen LogP contribution in [0, 0.1) is 5.82 Å². The first-order valence-corrected chi connectivity index (χ1v) is 12.4. The number of nitrogens with one attached hydrogen (secondary N) is 2.